The van der Waals surface area contributed by atoms with Gasteiger partial charge >= 0.3 is 5.82 Å². The maximum absolute atomic E-state index is 12.2. The summed E-state index contributed by atoms with van der Waals surface area (Å²) in [7, 11) is 0. The molecule has 3 aromatic heterocycles. The maximum Gasteiger partial charge on any atom is 0.519 e. The van der Waals surface area contributed by atoms with Gasteiger partial charge in [0.15, 0.2) is 5.76 Å². The summed E-state index contributed by atoms with van der Waals surface area (Å²) in [4.78, 5) is 27.5. The van der Waals surface area contributed by atoms with Gasteiger partial charge in [0.25, 0.3) is 0 Å². The van der Waals surface area contributed by atoms with E-state index in [0.717, 1.165) is 0 Å². The first-order valence-corrected chi connectivity index (χ1v) is 6.50. The van der Waals surface area contributed by atoms with E-state index in [2.05, 4.69) is 4.98 Å². The molecule has 0 aliphatic heterocycles. The van der Waals surface area contributed by atoms with Crippen LogP contribution >= 0.6 is 0 Å². The fourth-order valence-corrected chi connectivity index (χ4v) is 2.24. The molecule has 0 amide bonds. The molecule has 22 heavy (non-hydrogen) atoms. The lowest BCUT2D eigenvalue weighted by atomic mass is 10.2. The number of aryl methyl sites for hydroxylation is 2. The highest BCUT2D eigenvalue weighted by Crippen LogP contribution is 2.14. The molecular weight excluding hydrogens is 286 g/mol. The summed E-state index contributed by atoms with van der Waals surface area (Å²) in [6.07, 6.45) is 1.42. The van der Waals surface area contributed by atoms with Crippen LogP contribution in [0.1, 0.15) is 22.8 Å². The number of pyridine rings is 2. The Kier molecular flexibility index (Phi) is 3.14. The third-order valence-electron chi connectivity index (χ3n) is 3.34. The number of fused-ring (bicyclic) bond motifs is 1. The van der Waals surface area contributed by atoms with Crippen LogP contribution in [0.2, 0.25) is 0 Å². The van der Waals surface area contributed by atoms with Crippen LogP contribution in [-0.4, -0.2) is 9.55 Å². The van der Waals surface area contributed by atoms with Gasteiger partial charge in [-0.05, 0) is 26.0 Å². The molecule has 0 atom stereocenters. The summed E-state index contributed by atoms with van der Waals surface area (Å²) in [5.74, 6) is -0.0952. The third-order valence-corrected chi connectivity index (χ3v) is 3.34. The van der Waals surface area contributed by atoms with E-state index in [4.69, 9.17) is 14.1 Å². The Bertz CT molecular complexity index is 1030. The molecule has 0 bridgehead atoms. The molecule has 110 valence electrons. The molecule has 7 heteroatoms. The quantitative estimate of drug-likeness (QED) is 0.710. The smallest absolute Gasteiger partial charge is 0.396 e. The molecule has 3 heterocycles. The van der Waals surface area contributed by atoms with Gasteiger partial charge in [0.1, 0.15) is 22.9 Å². The van der Waals surface area contributed by atoms with Gasteiger partial charge in [0, 0.05) is 11.9 Å². The molecule has 0 unspecified atom stereocenters. The van der Waals surface area contributed by atoms with Crippen LogP contribution in [0.3, 0.4) is 0 Å². The standard InChI is InChI=1S/C15H11N3O4/c1-8-3-4-11-13(17-8)14(19)10(5-16)6-18(11)7-12-9(2)21-15(20)22-12/h3-4,6H,7H2,1-2H3. The van der Waals surface area contributed by atoms with E-state index in [0.29, 0.717) is 22.7 Å². The van der Waals surface area contributed by atoms with Crippen LogP contribution in [-0.2, 0) is 6.54 Å². The zero-order chi connectivity index (χ0) is 15.9. The first-order valence-electron chi connectivity index (χ1n) is 6.50. The SMILES string of the molecule is Cc1ccc2c(n1)c(=O)c(C#N)cn2Cc1oc(=O)oc1C. The lowest BCUT2D eigenvalue weighted by Gasteiger charge is -2.10. The van der Waals surface area contributed by atoms with Crippen LogP contribution in [0.25, 0.3) is 11.0 Å². The lowest BCUT2D eigenvalue weighted by molar-refractivity contribution is 0.367. The van der Waals surface area contributed by atoms with Crippen molar-refractivity contribution >= 4 is 11.0 Å². The van der Waals surface area contributed by atoms with Gasteiger partial charge in [0.05, 0.1) is 12.1 Å². The molecule has 0 saturated carbocycles. The Hall–Kier alpha value is -3.14. The molecule has 0 saturated heterocycles. The number of nitriles is 1. The van der Waals surface area contributed by atoms with Crippen molar-refractivity contribution in [3.05, 3.63) is 61.9 Å². The van der Waals surface area contributed by atoms with E-state index >= 15 is 0 Å². The topological polar surface area (TPSA) is 102 Å². The van der Waals surface area contributed by atoms with Crippen molar-refractivity contribution in [2.45, 2.75) is 20.4 Å². The number of hydrogen-bond donors (Lipinski definition) is 0. The monoisotopic (exact) mass is 297 g/mol. The van der Waals surface area contributed by atoms with E-state index in [-0.39, 0.29) is 17.6 Å². The minimum absolute atomic E-state index is 0.0194. The average Bonchev–Trinajstić information content (AvgIpc) is 2.80. The minimum Gasteiger partial charge on any atom is -0.396 e. The van der Waals surface area contributed by atoms with Gasteiger partial charge in [-0.25, -0.2) is 9.78 Å². The predicted octanol–water partition coefficient (Wildman–Crippen LogP) is 1.48. The van der Waals surface area contributed by atoms with Gasteiger partial charge in [0.2, 0.25) is 5.43 Å². The van der Waals surface area contributed by atoms with Crippen LogP contribution in [0.15, 0.2) is 36.8 Å². The van der Waals surface area contributed by atoms with Gasteiger partial charge < -0.3 is 13.4 Å². The highest BCUT2D eigenvalue weighted by molar-refractivity contribution is 5.76. The highest BCUT2D eigenvalue weighted by atomic mass is 16.6. The van der Waals surface area contributed by atoms with E-state index in [9.17, 15) is 9.59 Å². The Morgan fingerprint density at radius 1 is 1.27 bits per heavy atom. The number of aromatic nitrogens is 2. The molecule has 0 spiro atoms. The molecule has 3 aromatic rings. The zero-order valence-corrected chi connectivity index (χ0v) is 11.9. The average molecular weight is 297 g/mol. The minimum atomic E-state index is -0.785. The first kappa shape index (κ1) is 13.8. The van der Waals surface area contributed by atoms with Crippen LogP contribution in [0, 0.1) is 25.2 Å². The van der Waals surface area contributed by atoms with Crippen molar-refractivity contribution in [1.29, 1.82) is 5.26 Å². The summed E-state index contributed by atoms with van der Waals surface area (Å²) >= 11 is 0. The van der Waals surface area contributed by atoms with Crippen molar-refractivity contribution in [3.63, 3.8) is 0 Å². The van der Waals surface area contributed by atoms with Crippen LogP contribution in [0.4, 0.5) is 0 Å². The van der Waals surface area contributed by atoms with Gasteiger partial charge in [-0.1, -0.05) is 0 Å². The molecule has 0 N–H and O–H groups in total. The van der Waals surface area contributed by atoms with E-state index in [1.165, 1.54) is 6.20 Å². The molecule has 7 nitrogen and oxygen atoms in total. The van der Waals surface area contributed by atoms with Crippen LogP contribution in [0.5, 0.6) is 0 Å². The Labute approximate surface area is 124 Å². The van der Waals surface area contributed by atoms with Crippen molar-refractivity contribution in [2.75, 3.05) is 0 Å². The predicted molar refractivity (Wildman–Crippen MR) is 76.5 cm³/mol. The van der Waals surface area contributed by atoms with E-state index in [1.807, 2.05) is 6.07 Å². The molecule has 0 aliphatic rings. The van der Waals surface area contributed by atoms with Crippen molar-refractivity contribution in [2.24, 2.45) is 0 Å². The third kappa shape index (κ3) is 2.20. The Balaban J connectivity index is 2.27. The zero-order valence-electron chi connectivity index (χ0n) is 11.9. The van der Waals surface area contributed by atoms with E-state index < -0.39 is 11.3 Å². The molecule has 0 radical (unpaired) electrons. The second kappa shape index (κ2) is 5.00. The summed E-state index contributed by atoms with van der Waals surface area (Å²) < 4.78 is 11.4. The van der Waals surface area contributed by atoms with Crippen molar-refractivity contribution in [3.8, 4) is 6.07 Å². The van der Waals surface area contributed by atoms with Crippen molar-refractivity contribution < 1.29 is 8.83 Å². The highest BCUT2D eigenvalue weighted by Gasteiger charge is 2.14. The number of rotatable bonds is 2. The summed E-state index contributed by atoms with van der Waals surface area (Å²) in [6, 6.07) is 5.37. The van der Waals surface area contributed by atoms with Gasteiger partial charge in [-0.15, -0.1) is 0 Å². The molecule has 0 aliphatic carbocycles. The second-order valence-electron chi connectivity index (χ2n) is 4.87. The molecular formula is C15H11N3O4. The Morgan fingerprint density at radius 2 is 2.05 bits per heavy atom. The largest absolute Gasteiger partial charge is 0.519 e. The normalized spacial score (nSPS) is 10.8. The molecule has 0 fully saturated rings. The first-order chi connectivity index (χ1) is 10.5. The van der Waals surface area contributed by atoms with Gasteiger partial charge in [-0.3, -0.25) is 4.79 Å². The fraction of sp³-hybridized carbons (Fsp3) is 0.200. The van der Waals surface area contributed by atoms with Crippen molar-refractivity contribution in [1.82, 2.24) is 9.55 Å². The summed E-state index contributed by atoms with van der Waals surface area (Å²) in [6.45, 7) is 3.54. The lowest BCUT2D eigenvalue weighted by Crippen LogP contribution is -2.15. The summed E-state index contributed by atoms with van der Waals surface area (Å²) in [5.41, 5.74) is 1.01. The van der Waals surface area contributed by atoms with Crippen LogP contribution < -0.4 is 11.3 Å². The fourth-order valence-electron chi connectivity index (χ4n) is 2.24. The molecule has 0 aromatic carbocycles. The molecule has 3 rings (SSSR count). The summed E-state index contributed by atoms with van der Waals surface area (Å²) in [5, 5.41) is 9.11. The number of hydrogen-bond acceptors (Lipinski definition) is 6. The van der Waals surface area contributed by atoms with Gasteiger partial charge in [-0.2, -0.15) is 5.26 Å². The Morgan fingerprint density at radius 3 is 2.68 bits per heavy atom. The van der Waals surface area contributed by atoms with E-state index in [1.54, 1.807) is 30.5 Å². The number of nitrogens with zero attached hydrogens (tertiary/aromatic N) is 3. The maximum atomic E-state index is 12.2. The second-order valence-corrected chi connectivity index (χ2v) is 4.87.